The van der Waals surface area contributed by atoms with Crippen LogP contribution in [0.1, 0.15) is 13.8 Å². The summed E-state index contributed by atoms with van der Waals surface area (Å²) in [7, 11) is 0. The molecule has 0 unspecified atom stereocenters. The molecule has 0 aliphatic carbocycles. The highest BCUT2D eigenvalue weighted by Crippen LogP contribution is 2.38. The van der Waals surface area contributed by atoms with Crippen LogP contribution in [0, 0.1) is 0 Å². The Morgan fingerprint density at radius 1 is 1.32 bits per heavy atom. The zero-order valence-electron chi connectivity index (χ0n) is 11.5. The van der Waals surface area contributed by atoms with E-state index in [1.807, 2.05) is 18.2 Å². The minimum absolute atomic E-state index is 0.253. The number of quaternary nitrogens is 1. The minimum Gasteiger partial charge on any atom is -0.487 e. The summed E-state index contributed by atoms with van der Waals surface area (Å²) in [5.41, 5.74) is 0. The van der Waals surface area contributed by atoms with Crippen LogP contribution in [0.4, 0.5) is 0 Å². The molecule has 1 heterocycles. The summed E-state index contributed by atoms with van der Waals surface area (Å²) in [5, 5.41) is 11.9. The summed E-state index contributed by atoms with van der Waals surface area (Å²) >= 11 is 0. The summed E-state index contributed by atoms with van der Waals surface area (Å²) in [6.07, 6.45) is -0.497. The van der Waals surface area contributed by atoms with Crippen molar-refractivity contribution in [1.82, 2.24) is 0 Å². The van der Waals surface area contributed by atoms with E-state index in [-0.39, 0.29) is 6.61 Å². The molecular formula is C14H22NO4+. The third-order valence-corrected chi connectivity index (χ3v) is 2.84. The van der Waals surface area contributed by atoms with Crippen LogP contribution in [0.25, 0.3) is 0 Å². The Morgan fingerprint density at radius 2 is 2.11 bits per heavy atom. The highest BCUT2D eigenvalue weighted by molar-refractivity contribution is 5.51. The second-order valence-corrected chi connectivity index (χ2v) is 4.96. The van der Waals surface area contributed by atoms with E-state index >= 15 is 0 Å². The van der Waals surface area contributed by atoms with Gasteiger partial charge in [-0.05, 0) is 26.0 Å². The van der Waals surface area contributed by atoms with Crippen molar-refractivity contribution >= 4 is 0 Å². The molecule has 0 amide bonds. The fourth-order valence-corrected chi connectivity index (χ4v) is 1.84. The van der Waals surface area contributed by atoms with Gasteiger partial charge in [-0.25, -0.2) is 0 Å². The van der Waals surface area contributed by atoms with Gasteiger partial charge in [0, 0.05) is 0 Å². The molecule has 0 radical (unpaired) electrons. The van der Waals surface area contributed by atoms with E-state index in [1.165, 1.54) is 0 Å². The lowest BCUT2D eigenvalue weighted by atomic mass is 10.2. The van der Waals surface area contributed by atoms with E-state index < -0.39 is 6.10 Å². The highest BCUT2D eigenvalue weighted by Gasteiger charge is 2.18. The topological polar surface area (TPSA) is 64.5 Å². The van der Waals surface area contributed by atoms with Gasteiger partial charge >= 0.3 is 0 Å². The summed E-state index contributed by atoms with van der Waals surface area (Å²) in [6, 6.07) is 6.00. The lowest BCUT2D eigenvalue weighted by molar-refractivity contribution is -0.688. The molecule has 3 N–H and O–H groups in total. The van der Waals surface area contributed by atoms with Crippen LogP contribution >= 0.6 is 0 Å². The highest BCUT2D eigenvalue weighted by atomic mass is 16.6. The molecule has 0 spiro atoms. The molecule has 5 nitrogen and oxygen atoms in total. The number of aliphatic hydroxyl groups excluding tert-OH is 1. The molecule has 0 aromatic heterocycles. The van der Waals surface area contributed by atoms with Gasteiger partial charge in [-0.15, -0.1) is 0 Å². The SMILES string of the molecule is CC(C)[NH2+]C[C@@H](O)COc1cccc2c1OCCO2. The fourth-order valence-electron chi connectivity index (χ4n) is 1.84. The molecule has 0 saturated carbocycles. The number of benzene rings is 1. The van der Waals surface area contributed by atoms with E-state index in [2.05, 4.69) is 19.2 Å². The maximum absolute atomic E-state index is 9.84. The van der Waals surface area contributed by atoms with Gasteiger partial charge in [-0.2, -0.15) is 0 Å². The van der Waals surface area contributed by atoms with E-state index in [0.717, 1.165) is 0 Å². The molecule has 1 aliphatic rings. The largest absolute Gasteiger partial charge is 0.487 e. The number of hydrogen-bond donors (Lipinski definition) is 2. The molecule has 5 heteroatoms. The summed E-state index contributed by atoms with van der Waals surface area (Å²) < 4.78 is 16.6. The van der Waals surface area contributed by atoms with Crippen molar-refractivity contribution in [2.45, 2.75) is 26.0 Å². The van der Waals surface area contributed by atoms with Crippen molar-refractivity contribution in [2.24, 2.45) is 0 Å². The summed E-state index contributed by atoms with van der Waals surface area (Å²) in [5.74, 6) is 1.96. The first-order chi connectivity index (χ1) is 9.16. The molecule has 19 heavy (non-hydrogen) atoms. The van der Waals surface area contributed by atoms with Crippen LogP contribution in [0.3, 0.4) is 0 Å². The van der Waals surface area contributed by atoms with E-state index in [9.17, 15) is 5.11 Å². The fraction of sp³-hybridized carbons (Fsp3) is 0.571. The Labute approximate surface area is 113 Å². The van der Waals surface area contributed by atoms with Crippen molar-refractivity contribution in [2.75, 3.05) is 26.4 Å². The molecular weight excluding hydrogens is 246 g/mol. The van der Waals surface area contributed by atoms with Crippen molar-refractivity contribution in [3.05, 3.63) is 18.2 Å². The van der Waals surface area contributed by atoms with Gasteiger partial charge in [0.05, 0.1) is 6.04 Å². The van der Waals surface area contributed by atoms with Gasteiger partial charge in [0.2, 0.25) is 5.75 Å². The van der Waals surface area contributed by atoms with Crippen molar-refractivity contribution in [3.8, 4) is 17.2 Å². The van der Waals surface area contributed by atoms with Crippen LogP contribution in [0.15, 0.2) is 18.2 Å². The van der Waals surface area contributed by atoms with Gasteiger partial charge in [0.25, 0.3) is 0 Å². The van der Waals surface area contributed by atoms with Crippen LogP contribution in [-0.4, -0.2) is 43.6 Å². The predicted octanol–water partition coefficient (Wildman–Crippen LogP) is 0.169. The van der Waals surface area contributed by atoms with E-state index in [1.54, 1.807) is 0 Å². The van der Waals surface area contributed by atoms with Crippen LogP contribution in [0.5, 0.6) is 17.2 Å². The smallest absolute Gasteiger partial charge is 0.203 e. The molecule has 0 fully saturated rings. The molecule has 1 aromatic rings. The molecule has 2 rings (SSSR count). The number of para-hydroxylation sites is 1. The average molecular weight is 268 g/mol. The Balaban J connectivity index is 1.89. The maximum Gasteiger partial charge on any atom is 0.203 e. The quantitative estimate of drug-likeness (QED) is 0.772. The van der Waals surface area contributed by atoms with E-state index in [0.29, 0.717) is 43.0 Å². The Hall–Kier alpha value is -1.46. The molecule has 0 saturated heterocycles. The van der Waals surface area contributed by atoms with Crippen LogP contribution in [0.2, 0.25) is 0 Å². The molecule has 1 aromatic carbocycles. The number of rotatable bonds is 6. The van der Waals surface area contributed by atoms with Gasteiger partial charge in [-0.1, -0.05) is 6.07 Å². The molecule has 106 valence electrons. The standard InChI is InChI=1S/C14H21NO4/c1-10(2)15-8-11(16)9-19-13-5-3-4-12-14(13)18-7-6-17-12/h3-5,10-11,15-16H,6-9H2,1-2H3/p+1/t11-/m1/s1. The second kappa shape index (κ2) is 6.63. The monoisotopic (exact) mass is 268 g/mol. The number of hydrogen-bond acceptors (Lipinski definition) is 4. The molecule has 0 bridgehead atoms. The van der Waals surface area contributed by atoms with Gasteiger partial charge in [-0.3, -0.25) is 0 Å². The zero-order chi connectivity index (χ0) is 13.7. The first kappa shape index (κ1) is 14.0. The number of ether oxygens (including phenoxy) is 3. The number of aliphatic hydroxyl groups is 1. The summed E-state index contributed by atoms with van der Waals surface area (Å²) in [4.78, 5) is 0. The Kier molecular flexibility index (Phi) is 4.87. The lowest BCUT2D eigenvalue weighted by Crippen LogP contribution is -2.90. The average Bonchev–Trinajstić information content (AvgIpc) is 2.42. The first-order valence-corrected chi connectivity index (χ1v) is 6.69. The van der Waals surface area contributed by atoms with Crippen molar-refractivity contribution < 1.29 is 24.6 Å². The van der Waals surface area contributed by atoms with Gasteiger partial charge in [0.15, 0.2) is 11.5 Å². The molecule has 1 atom stereocenters. The van der Waals surface area contributed by atoms with Crippen LogP contribution in [-0.2, 0) is 0 Å². The normalized spacial score (nSPS) is 15.4. The third kappa shape index (κ3) is 4.01. The maximum atomic E-state index is 9.84. The van der Waals surface area contributed by atoms with Crippen molar-refractivity contribution in [3.63, 3.8) is 0 Å². The minimum atomic E-state index is -0.497. The van der Waals surface area contributed by atoms with Gasteiger partial charge in [0.1, 0.15) is 32.5 Å². The number of fused-ring (bicyclic) bond motifs is 1. The Morgan fingerprint density at radius 3 is 2.89 bits per heavy atom. The van der Waals surface area contributed by atoms with Crippen molar-refractivity contribution in [1.29, 1.82) is 0 Å². The third-order valence-electron chi connectivity index (χ3n) is 2.84. The van der Waals surface area contributed by atoms with E-state index in [4.69, 9.17) is 14.2 Å². The predicted molar refractivity (Wildman–Crippen MR) is 70.9 cm³/mol. The van der Waals surface area contributed by atoms with Crippen LogP contribution < -0.4 is 19.5 Å². The van der Waals surface area contributed by atoms with Gasteiger partial charge < -0.3 is 24.6 Å². The molecule has 1 aliphatic heterocycles. The first-order valence-electron chi connectivity index (χ1n) is 6.69. The lowest BCUT2D eigenvalue weighted by Gasteiger charge is -2.21. The number of nitrogens with two attached hydrogens (primary N) is 1. The summed E-state index contributed by atoms with van der Waals surface area (Å²) in [6.45, 7) is 6.14. The zero-order valence-corrected chi connectivity index (χ0v) is 11.5. The Bertz CT molecular complexity index is 408. The second-order valence-electron chi connectivity index (χ2n) is 4.96.